The lowest BCUT2D eigenvalue weighted by atomic mass is 9.92. The molecule has 1 aromatic carbocycles. The Balaban J connectivity index is 2.38. The SMILES string of the molecule is C[C@](N)(CO)c1ccc2c(c1)CCO2. The normalized spacial score (nSPS) is 18.5. The maximum absolute atomic E-state index is 9.14. The lowest BCUT2D eigenvalue weighted by molar-refractivity contribution is 0.210. The molecule has 1 aliphatic rings. The van der Waals surface area contributed by atoms with Gasteiger partial charge in [-0.2, -0.15) is 0 Å². The van der Waals surface area contributed by atoms with Gasteiger partial charge in [-0.3, -0.25) is 0 Å². The third-order valence-corrected chi connectivity index (χ3v) is 2.68. The molecule has 0 fully saturated rings. The Morgan fingerprint density at radius 1 is 1.57 bits per heavy atom. The highest BCUT2D eigenvalue weighted by molar-refractivity contribution is 5.41. The highest BCUT2D eigenvalue weighted by atomic mass is 16.5. The average molecular weight is 193 g/mol. The van der Waals surface area contributed by atoms with Crippen LogP contribution in [-0.2, 0) is 12.0 Å². The number of ether oxygens (including phenoxy) is 1. The van der Waals surface area contributed by atoms with Crippen LogP contribution in [0.2, 0.25) is 0 Å². The molecule has 0 amide bonds. The fraction of sp³-hybridized carbons (Fsp3) is 0.455. The van der Waals surface area contributed by atoms with E-state index in [1.54, 1.807) is 0 Å². The smallest absolute Gasteiger partial charge is 0.122 e. The van der Waals surface area contributed by atoms with Crippen LogP contribution in [0.3, 0.4) is 0 Å². The van der Waals surface area contributed by atoms with Crippen LogP contribution in [0.1, 0.15) is 18.1 Å². The second kappa shape index (κ2) is 3.26. The largest absolute Gasteiger partial charge is 0.493 e. The molecule has 0 saturated heterocycles. The number of hydrogen-bond acceptors (Lipinski definition) is 3. The van der Waals surface area contributed by atoms with Gasteiger partial charge in [0.25, 0.3) is 0 Å². The molecule has 3 heteroatoms. The molecule has 0 unspecified atom stereocenters. The molecule has 3 N–H and O–H groups in total. The van der Waals surface area contributed by atoms with Crippen LogP contribution in [0.25, 0.3) is 0 Å². The maximum Gasteiger partial charge on any atom is 0.122 e. The Bertz CT molecular complexity index is 347. The zero-order chi connectivity index (χ0) is 10.2. The molecule has 1 heterocycles. The van der Waals surface area contributed by atoms with Crippen molar-refractivity contribution < 1.29 is 9.84 Å². The van der Waals surface area contributed by atoms with Gasteiger partial charge in [0.2, 0.25) is 0 Å². The van der Waals surface area contributed by atoms with Crippen LogP contribution in [0.15, 0.2) is 18.2 Å². The number of aliphatic hydroxyl groups excluding tert-OH is 1. The monoisotopic (exact) mass is 193 g/mol. The maximum atomic E-state index is 9.14. The van der Waals surface area contributed by atoms with Gasteiger partial charge in [-0.15, -0.1) is 0 Å². The second-order valence-electron chi connectivity index (χ2n) is 4.00. The van der Waals surface area contributed by atoms with E-state index in [9.17, 15) is 0 Å². The summed E-state index contributed by atoms with van der Waals surface area (Å²) in [6.45, 7) is 2.52. The van der Waals surface area contributed by atoms with Gasteiger partial charge < -0.3 is 15.6 Å². The van der Waals surface area contributed by atoms with Crippen molar-refractivity contribution in [1.29, 1.82) is 0 Å². The van der Waals surface area contributed by atoms with Gasteiger partial charge >= 0.3 is 0 Å². The summed E-state index contributed by atoms with van der Waals surface area (Å²) in [5.41, 5.74) is 7.44. The summed E-state index contributed by atoms with van der Waals surface area (Å²) < 4.78 is 5.40. The number of benzene rings is 1. The van der Waals surface area contributed by atoms with Gasteiger partial charge in [0, 0.05) is 6.42 Å². The molecule has 1 atom stereocenters. The molecular formula is C11H15NO2. The van der Waals surface area contributed by atoms with Crippen LogP contribution >= 0.6 is 0 Å². The van der Waals surface area contributed by atoms with E-state index in [0.717, 1.165) is 24.3 Å². The fourth-order valence-electron chi connectivity index (χ4n) is 1.63. The summed E-state index contributed by atoms with van der Waals surface area (Å²) in [5.74, 6) is 0.947. The van der Waals surface area contributed by atoms with E-state index in [-0.39, 0.29) is 6.61 Å². The first-order valence-corrected chi connectivity index (χ1v) is 4.79. The highest BCUT2D eigenvalue weighted by Crippen LogP contribution is 2.29. The standard InChI is InChI=1S/C11H15NO2/c1-11(12,7-13)9-2-3-10-8(6-9)4-5-14-10/h2-3,6,13H,4-5,7,12H2,1H3/t11-/m0/s1. The van der Waals surface area contributed by atoms with E-state index in [2.05, 4.69) is 0 Å². The van der Waals surface area contributed by atoms with Gasteiger partial charge in [0.1, 0.15) is 5.75 Å². The molecule has 0 aromatic heterocycles. The molecule has 2 rings (SSSR count). The molecule has 76 valence electrons. The van der Waals surface area contributed by atoms with E-state index in [0.29, 0.717) is 0 Å². The molecule has 0 bridgehead atoms. The van der Waals surface area contributed by atoms with Gasteiger partial charge in [0.05, 0.1) is 18.8 Å². The van der Waals surface area contributed by atoms with Crippen molar-refractivity contribution in [2.75, 3.05) is 13.2 Å². The van der Waals surface area contributed by atoms with Gasteiger partial charge in [-0.05, 0) is 24.1 Å². The van der Waals surface area contributed by atoms with Crippen molar-refractivity contribution in [3.05, 3.63) is 29.3 Å². The molecule has 1 aromatic rings. The first-order valence-electron chi connectivity index (χ1n) is 4.79. The van der Waals surface area contributed by atoms with E-state index in [1.165, 1.54) is 5.56 Å². The molecule has 0 spiro atoms. The molecule has 0 radical (unpaired) electrons. The Hall–Kier alpha value is -1.06. The molecule has 14 heavy (non-hydrogen) atoms. The zero-order valence-corrected chi connectivity index (χ0v) is 8.29. The van der Waals surface area contributed by atoms with Gasteiger partial charge in [-0.25, -0.2) is 0 Å². The van der Waals surface area contributed by atoms with Crippen LogP contribution in [0.5, 0.6) is 5.75 Å². The Kier molecular flexibility index (Phi) is 2.21. The predicted octanol–water partition coefficient (Wildman–Crippen LogP) is 0.788. The van der Waals surface area contributed by atoms with Crippen LogP contribution in [0, 0.1) is 0 Å². The van der Waals surface area contributed by atoms with E-state index >= 15 is 0 Å². The van der Waals surface area contributed by atoms with Crippen molar-refractivity contribution in [2.24, 2.45) is 5.73 Å². The summed E-state index contributed by atoms with van der Waals surface area (Å²) in [7, 11) is 0. The lowest BCUT2D eigenvalue weighted by Crippen LogP contribution is -2.36. The first-order chi connectivity index (χ1) is 6.63. The number of rotatable bonds is 2. The third-order valence-electron chi connectivity index (χ3n) is 2.68. The van der Waals surface area contributed by atoms with E-state index < -0.39 is 5.54 Å². The summed E-state index contributed by atoms with van der Waals surface area (Å²) in [5, 5.41) is 9.14. The number of fused-ring (bicyclic) bond motifs is 1. The van der Waals surface area contributed by atoms with E-state index in [1.807, 2.05) is 25.1 Å². The highest BCUT2D eigenvalue weighted by Gasteiger charge is 2.22. The minimum Gasteiger partial charge on any atom is -0.493 e. The van der Waals surface area contributed by atoms with Crippen molar-refractivity contribution in [3.63, 3.8) is 0 Å². The molecule has 0 aliphatic carbocycles. The van der Waals surface area contributed by atoms with Gasteiger partial charge in [-0.1, -0.05) is 12.1 Å². The van der Waals surface area contributed by atoms with Crippen LogP contribution in [-0.4, -0.2) is 18.3 Å². The second-order valence-corrected chi connectivity index (χ2v) is 4.00. The molecule has 1 aliphatic heterocycles. The minimum absolute atomic E-state index is 0.0490. The summed E-state index contributed by atoms with van der Waals surface area (Å²) >= 11 is 0. The van der Waals surface area contributed by atoms with Crippen LogP contribution < -0.4 is 10.5 Å². The Labute approximate surface area is 83.5 Å². The van der Waals surface area contributed by atoms with Crippen molar-refractivity contribution in [2.45, 2.75) is 18.9 Å². The number of aliphatic hydroxyl groups is 1. The summed E-state index contributed by atoms with van der Waals surface area (Å²) in [4.78, 5) is 0. The zero-order valence-electron chi connectivity index (χ0n) is 8.29. The van der Waals surface area contributed by atoms with Gasteiger partial charge in [0.15, 0.2) is 0 Å². The Morgan fingerprint density at radius 2 is 2.36 bits per heavy atom. The molecule has 3 nitrogen and oxygen atoms in total. The van der Waals surface area contributed by atoms with E-state index in [4.69, 9.17) is 15.6 Å². The predicted molar refractivity (Wildman–Crippen MR) is 54.3 cm³/mol. The summed E-state index contributed by atoms with van der Waals surface area (Å²) in [6, 6.07) is 5.87. The first kappa shape index (κ1) is 9.49. The topological polar surface area (TPSA) is 55.5 Å². The van der Waals surface area contributed by atoms with Crippen molar-refractivity contribution >= 4 is 0 Å². The van der Waals surface area contributed by atoms with Crippen molar-refractivity contribution in [3.8, 4) is 5.75 Å². The third kappa shape index (κ3) is 1.49. The van der Waals surface area contributed by atoms with Crippen LogP contribution in [0.4, 0.5) is 0 Å². The fourth-order valence-corrected chi connectivity index (χ4v) is 1.63. The van der Waals surface area contributed by atoms with Crippen molar-refractivity contribution in [1.82, 2.24) is 0 Å². The molecule has 0 saturated carbocycles. The average Bonchev–Trinajstić information content (AvgIpc) is 2.64. The molecular weight excluding hydrogens is 178 g/mol. The Morgan fingerprint density at radius 3 is 3.07 bits per heavy atom. The number of hydrogen-bond donors (Lipinski definition) is 2. The number of nitrogens with two attached hydrogens (primary N) is 1. The lowest BCUT2D eigenvalue weighted by Gasteiger charge is -2.22. The quantitative estimate of drug-likeness (QED) is 0.730. The summed E-state index contributed by atoms with van der Waals surface area (Å²) in [6.07, 6.45) is 0.935. The minimum atomic E-state index is -0.655.